The van der Waals surface area contributed by atoms with Gasteiger partial charge in [-0.05, 0) is 23.8 Å². The molecule has 102 valence electrons. The van der Waals surface area contributed by atoms with Crippen LogP contribution in [-0.4, -0.2) is 11.3 Å². The second-order valence-corrected chi connectivity index (χ2v) is 4.88. The number of nitrogens with zero attached hydrogens (tertiary/aromatic N) is 1. The van der Waals surface area contributed by atoms with E-state index in [1.165, 1.54) is 0 Å². The van der Waals surface area contributed by atoms with E-state index in [0.717, 1.165) is 11.1 Å². The van der Waals surface area contributed by atoms with E-state index < -0.39 is 0 Å². The average Bonchev–Trinajstić information content (AvgIpc) is 2.48. The molecule has 2 rings (SSSR count). The van der Waals surface area contributed by atoms with E-state index in [1.807, 2.05) is 54.6 Å². The van der Waals surface area contributed by atoms with Crippen molar-refractivity contribution in [3.63, 3.8) is 0 Å². The van der Waals surface area contributed by atoms with Crippen molar-refractivity contribution in [3.8, 4) is 0 Å². The van der Waals surface area contributed by atoms with Gasteiger partial charge in [-0.2, -0.15) is 5.10 Å². The summed E-state index contributed by atoms with van der Waals surface area (Å²) in [7, 11) is 0. The molecule has 0 amide bonds. The highest BCUT2D eigenvalue weighted by molar-refractivity contribution is 7.80. The SMILES string of the molecule is S=C(NCc1ccccc1)N/N=C\c1ccccc1Cl. The Kier molecular flexibility index (Phi) is 5.53. The number of thiocarbonyl (C=S) groups is 1. The van der Waals surface area contributed by atoms with Crippen molar-refractivity contribution < 1.29 is 0 Å². The molecule has 0 aliphatic rings. The van der Waals surface area contributed by atoms with Crippen LogP contribution in [0.15, 0.2) is 59.7 Å². The maximum atomic E-state index is 6.01. The molecule has 0 heterocycles. The molecule has 0 radical (unpaired) electrons. The largest absolute Gasteiger partial charge is 0.357 e. The minimum Gasteiger partial charge on any atom is -0.357 e. The third kappa shape index (κ3) is 4.64. The van der Waals surface area contributed by atoms with Crippen LogP contribution in [0.25, 0.3) is 0 Å². The third-order valence-corrected chi connectivity index (χ3v) is 3.15. The highest BCUT2D eigenvalue weighted by atomic mass is 35.5. The fourth-order valence-corrected chi connectivity index (χ4v) is 1.87. The van der Waals surface area contributed by atoms with Crippen LogP contribution in [0.4, 0.5) is 0 Å². The monoisotopic (exact) mass is 303 g/mol. The highest BCUT2D eigenvalue weighted by Gasteiger charge is 1.96. The van der Waals surface area contributed by atoms with Gasteiger partial charge in [-0.1, -0.05) is 60.1 Å². The molecule has 20 heavy (non-hydrogen) atoms. The second kappa shape index (κ2) is 7.62. The first-order valence-electron chi connectivity index (χ1n) is 6.11. The number of nitrogens with one attached hydrogen (secondary N) is 2. The van der Waals surface area contributed by atoms with E-state index in [-0.39, 0.29) is 0 Å². The summed E-state index contributed by atoms with van der Waals surface area (Å²) >= 11 is 11.1. The van der Waals surface area contributed by atoms with Gasteiger partial charge in [-0.25, -0.2) is 0 Å². The molecule has 0 aromatic heterocycles. The molecule has 0 bridgehead atoms. The summed E-state index contributed by atoms with van der Waals surface area (Å²) in [6.45, 7) is 0.661. The third-order valence-electron chi connectivity index (χ3n) is 2.57. The summed E-state index contributed by atoms with van der Waals surface area (Å²) in [5, 5.41) is 8.25. The normalized spacial score (nSPS) is 10.4. The van der Waals surface area contributed by atoms with Gasteiger partial charge in [-0.3, -0.25) is 5.43 Å². The summed E-state index contributed by atoms with van der Waals surface area (Å²) in [4.78, 5) is 0. The zero-order valence-electron chi connectivity index (χ0n) is 10.7. The van der Waals surface area contributed by atoms with Gasteiger partial charge in [0.05, 0.1) is 6.21 Å². The van der Waals surface area contributed by atoms with Crippen molar-refractivity contribution in [1.82, 2.24) is 10.7 Å². The quantitative estimate of drug-likeness (QED) is 0.517. The van der Waals surface area contributed by atoms with Crippen LogP contribution in [0.2, 0.25) is 5.02 Å². The molecule has 2 aromatic carbocycles. The topological polar surface area (TPSA) is 36.4 Å². The van der Waals surface area contributed by atoms with Crippen LogP contribution in [0, 0.1) is 0 Å². The predicted molar refractivity (Wildman–Crippen MR) is 88.1 cm³/mol. The molecule has 0 fully saturated rings. The minimum absolute atomic E-state index is 0.470. The second-order valence-electron chi connectivity index (χ2n) is 4.06. The lowest BCUT2D eigenvalue weighted by atomic mass is 10.2. The molecule has 0 atom stereocenters. The maximum Gasteiger partial charge on any atom is 0.187 e. The molecule has 0 saturated carbocycles. The van der Waals surface area contributed by atoms with Crippen molar-refractivity contribution >= 4 is 35.1 Å². The summed E-state index contributed by atoms with van der Waals surface area (Å²) in [5.74, 6) is 0. The van der Waals surface area contributed by atoms with E-state index in [0.29, 0.717) is 16.7 Å². The predicted octanol–water partition coefficient (Wildman–Crippen LogP) is 3.34. The van der Waals surface area contributed by atoms with Gasteiger partial charge < -0.3 is 5.32 Å². The molecule has 2 aromatic rings. The summed E-state index contributed by atoms with van der Waals surface area (Å²) in [5.41, 5.74) is 4.76. The maximum absolute atomic E-state index is 6.01. The first-order chi connectivity index (χ1) is 9.75. The molecule has 0 spiro atoms. The number of hydrogen-bond donors (Lipinski definition) is 2. The fourth-order valence-electron chi connectivity index (χ4n) is 1.56. The standard InChI is InChI=1S/C15H14ClN3S/c16-14-9-5-4-8-13(14)11-18-19-15(20)17-10-12-6-2-1-3-7-12/h1-9,11H,10H2,(H2,17,19,20)/b18-11-. The van der Waals surface area contributed by atoms with Crippen LogP contribution >= 0.6 is 23.8 Å². The van der Waals surface area contributed by atoms with Crippen molar-refractivity contribution in [2.75, 3.05) is 0 Å². The lowest BCUT2D eigenvalue weighted by Crippen LogP contribution is -2.31. The van der Waals surface area contributed by atoms with E-state index in [1.54, 1.807) is 6.21 Å². The Hall–Kier alpha value is -1.91. The van der Waals surface area contributed by atoms with E-state index in [9.17, 15) is 0 Å². The summed E-state index contributed by atoms with van der Waals surface area (Å²) in [6, 6.07) is 17.5. The number of halogens is 1. The van der Waals surface area contributed by atoms with Gasteiger partial charge in [0.25, 0.3) is 0 Å². The Balaban J connectivity index is 1.79. The Labute approximate surface area is 128 Å². The van der Waals surface area contributed by atoms with Gasteiger partial charge in [0.1, 0.15) is 0 Å². The van der Waals surface area contributed by atoms with Crippen LogP contribution in [0.5, 0.6) is 0 Å². The Morgan fingerprint density at radius 3 is 2.55 bits per heavy atom. The minimum atomic E-state index is 0.470. The smallest absolute Gasteiger partial charge is 0.187 e. The molecule has 0 aliphatic heterocycles. The van der Waals surface area contributed by atoms with Crippen molar-refractivity contribution in [3.05, 3.63) is 70.7 Å². The fraction of sp³-hybridized carbons (Fsp3) is 0.0667. The molecule has 3 nitrogen and oxygen atoms in total. The molecule has 2 N–H and O–H groups in total. The van der Waals surface area contributed by atoms with Crippen LogP contribution in [0.3, 0.4) is 0 Å². The lowest BCUT2D eigenvalue weighted by molar-refractivity contribution is 0.869. The van der Waals surface area contributed by atoms with Gasteiger partial charge >= 0.3 is 0 Å². The van der Waals surface area contributed by atoms with Crippen LogP contribution < -0.4 is 10.7 Å². The van der Waals surface area contributed by atoms with Crippen LogP contribution in [0.1, 0.15) is 11.1 Å². The van der Waals surface area contributed by atoms with Crippen LogP contribution in [-0.2, 0) is 6.54 Å². The zero-order valence-corrected chi connectivity index (χ0v) is 12.3. The van der Waals surface area contributed by atoms with E-state index >= 15 is 0 Å². The zero-order chi connectivity index (χ0) is 14.2. The first kappa shape index (κ1) is 14.5. The summed E-state index contributed by atoms with van der Waals surface area (Å²) in [6.07, 6.45) is 1.64. The molecule has 0 aliphatic carbocycles. The highest BCUT2D eigenvalue weighted by Crippen LogP contribution is 2.11. The van der Waals surface area contributed by atoms with Crippen molar-refractivity contribution in [2.45, 2.75) is 6.54 Å². The number of benzene rings is 2. The molecular weight excluding hydrogens is 290 g/mol. The number of hydrogen-bond acceptors (Lipinski definition) is 2. The van der Waals surface area contributed by atoms with Gasteiger partial charge in [0.2, 0.25) is 0 Å². The van der Waals surface area contributed by atoms with Crippen molar-refractivity contribution in [2.24, 2.45) is 5.10 Å². The number of hydrazone groups is 1. The van der Waals surface area contributed by atoms with E-state index in [2.05, 4.69) is 15.8 Å². The molecule has 5 heteroatoms. The van der Waals surface area contributed by atoms with Gasteiger partial charge in [-0.15, -0.1) is 0 Å². The Morgan fingerprint density at radius 2 is 1.80 bits per heavy atom. The lowest BCUT2D eigenvalue weighted by Gasteiger charge is -2.06. The Bertz CT molecular complexity index is 599. The average molecular weight is 304 g/mol. The first-order valence-corrected chi connectivity index (χ1v) is 6.89. The Morgan fingerprint density at radius 1 is 1.10 bits per heavy atom. The molecule has 0 unspecified atom stereocenters. The van der Waals surface area contributed by atoms with Crippen molar-refractivity contribution in [1.29, 1.82) is 0 Å². The van der Waals surface area contributed by atoms with Gasteiger partial charge in [0, 0.05) is 17.1 Å². The van der Waals surface area contributed by atoms with Gasteiger partial charge in [0.15, 0.2) is 5.11 Å². The summed E-state index contributed by atoms with van der Waals surface area (Å²) < 4.78 is 0. The molecule has 0 saturated heterocycles. The van der Waals surface area contributed by atoms with E-state index in [4.69, 9.17) is 23.8 Å². The molecular formula is C15H14ClN3S. The number of rotatable bonds is 4.